The molecular formula is C16H19NO2S. The summed E-state index contributed by atoms with van der Waals surface area (Å²) in [6, 6.07) is 13.5. The smallest absolute Gasteiger partial charge is 0.227 e. The van der Waals surface area contributed by atoms with Crippen LogP contribution in [0.4, 0.5) is 0 Å². The van der Waals surface area contributed by atoms with Gasteiger partial charge in [-0.15, -0.1) is 11.3 Å². The molecule has 0 saturated carbocycles. The average Bonchev–Trinajstić information content (AvgIpc) is 3.01. The Morgan fingerprint density at radius 1 is 1.25 bits per heavy atom. The molecule has 1 amide bonds. The first-order valence-corrected chi connectivity index (χ1v) is 7.64. The number of carbonyl (C=O) groups is 1. The summed E-state index contributed by atoms with van der Waals surface area (Å²) in [5.41, 5.74) is 1.01. The number of aliphatic hydroxyl groups excluding tert-OH is 1. The maximum absolute atomic E-state index is 12.2. The minimum atomic E-state index is -0.632. The molecule has 1 aromatic heterocycles. The van der Waals surface area contributed by atoms with Crippen molar-refractivity contribution in [2.75, 3.05) is 6.54 Å². The van der Waals surface area contributed by atoms with E-state index in [0.29, 0.717) is 0 Å². The van der Waals surface area contributed by atoms with E-state index in [1.165, 1.54) is 11.3 Å². The maximum Gasteiger partial charge on any atom is 0.227 e. The highest BCUT2D eigenvalue weighted by Gasteiger charge is 2.19. The van der Waals surface area contributed by atoms with Crippen molar-refractivity contribution in [1.82, 2.24) is 5.32 Å². The fourth-order valence-corrected chi connectivity index (χ4v) is 2.87. The predicted octanol–water partition coefficient (Wildman–Crippen LogP) is 3.09. The van der Waals surface area contributed by atoms with Gasteiger partial charge in [0.25, 0.3) is 0 Å². The van der Waals surface area contributed by atoms with Crippen molar-refractivity contribution in [2.45, 2.75) is 25.4 Å². The number of amides is 1. The topological polar surface area (TPSA) is 49.3 Å². The third-order valence-electron chi connectivity index (χ3n) is 3.27. The van der Waals surface area contributed by atoms with Gasteiger partial charge in [-0.1, -0.05) is 43.3 Å². The fraction of sp³-hybridized carbons (Fsp3) is 0.312. The van der Waals surface area contributed by atoms with Crippen LogP contribution in [-0.2, 0) is 4.79 Å². The molecule has 0 fully saturated rings. The second-order valence-corrected chi connectivity index (χ2v) is 5.63. The summed E-state index contributed by atoms with van der Waals surface area (Å²) >= 11 is 1.49. The molecule has 2 aromatic rings. The highest BCUT2D eigenvalue weighted by Crippen LogP contribution is 2.21. The Hall–Kier alpha value is -1.65. The molecule has 2 N–H and O–H groups in total. The predicted molar refractivity (Wildman–Crippen MR) is 81.8 cm³/mol. The lowest BCUT2D eigenvalue weighted by Gasteiger charge is -2.17. The first kappa shape index (κ1) is 14.8. The Kier molecular flexibility index (Phi) is 5.32. The monoisotopic (exact) mass is 289 g/mol. The molecule has 1 aromatic carbocycles. The van der Waals surface area contributed by atoms with Crippen LogP contribution in [0, 0.1) is 0 Å². The van der Waals surface area contributed by atoms with Gasteiger partial charge in [-0.05, 0) is 23.4 Å². The zero-order chi connectivity index (χ0) is 14.4. The molecule has 1 heterocycles. The maximum atomic E-state index is 12.2. The highest BCUT2D eigenvalue weighted by molar-refractivity contribution is 7.10. The molecule has 2 atom stereocenters. The van der Waals surface area contributed by atoms with Gasteiger partial charge in [0.15, 0.2) is 0 Å². The Bertz CT molecular complexity index is 525. The number of nitrogens with one attached hydrogen (secondary N) is 1. The number of hydrogen-bond acceptors (Lipinski definition) is 3. The Morgan fingerprint density at radius 3 is 2.60 bits per heavy atom. The number of aliphatic hydroxyl groups is 1. The second kappa shape index (κ2) is 7.22. The number of hydrogen-bond donors (Lipinski definition) is 2. The molecule has 4 heteroatoms. The van der Waals surface area contributed by atoms with Gasteiger partial charge >= 0.3 is 0 Å². The zero-order valence-corrected chi connectivity index (χ0v) is 12.3. The Morgan fingerprint density at radius 2 is 2.00 bits per heavy atom. The van der Waals surface area contributed by atoms with Crippen LogP contribution in [0.3, 0.4) is 0 Å². The van der Waals surface area contributed by atoms with E-state index < -0.39 is 6.10 Å². The summed E-state index contributed by atoms with van der Waals surface area (Å²) in [7, 11) is 0. The number of carbonyl (C=O) groups excluding carboxylic acids is 1. The van der Waals surface area contributed by atoms with Gasteiger partial charge in [-0.3, -0.25) is 4.79 Å². The first-order valence-electron chi connectivity index (χ1n) is 6.76. The summed E-state index contributed by atoms with van der Waals surface area (Å²) in [4.78, 5) is 13.1. The average molecular weight is 289 g/mol. The summed E-state index contributed by atoms with van der Waals surface area (Å²) in [5, 5.41) is 14.7. The summed E-state index contributed by atoms with van der Waals surface area (Å²) in [6.07, 6.45) is 0.109. The van der Waals surface area contributed by atoms with Crippen LogP contribution in [-0.4, -0.2) is 17.6 Å². The molecule has 20 heavy (non-hydrogen) atoms. The van der Waals surface area contributed by atoms with Crippen molar-refractivity contribution in [1.29, 1.82) is 0 Å². The minimum absolute atomic E-state index is 0.0330. The van der Waals surface area contributed by atoms with Gasteiger partial charge in [0.2, 0.25) is 5.91 Å². The van der Waals surface area contributed by atoms with Crippen LogP contribution >= 0.6 is 11.3 Å². The van der Waals surface area contributed by atoms with Crippen molar-refractivity contribution >= 4 is 17.2 Å². The second-order valence-electron chi connectivity index (χ2n) is 4.65. The molecule has 0 aliphatic rings. The van der Waals surface area contributed by atoms with E-state index >= 15 is 0 Å². The lowest BCUT2D eigenvalue weighted by atomic mass is 9.95. The highest BCUT2D eigenvalue weighted by atomic mass is 32.1. The van der Waals surface area contributed by atoms with Crippen molar-refractivity contribution in [3.63, 3.8) is 0 Å². The fourth-order valence-electron chi connectivity index (χ4n) is 2.16. The van der Waals surface area contributed by atoms with Crippen LogP contribution in [0.2, 0.25) is 0 Å². The van der Waals surface area contributed by atoms with Gasteiger partial charge in [0, 0.05) is 11.4 Å². The first-order chi connectivity index (χ1) is 9.72. The van der Waals surface area contributed by atoms with Gasteiger partial charge < -0.3 is 10.4 Å². The van der Waals surface area contributed by atoms with E-state index in [1.807, 2.05) is 54.8 Å². The van der Waals surface area contributed by atoms with Gasteiger partial charge in [0.1, 0.15) is 6.10 Å². The Balaban J connectivity index is 1.93. The number of rotatable bonds is 6. The minimum Gasteiger partial charge on any atom is -0.386 e. The van der Waals surface area contributed by atoms with Gasteiger partial charge in [0.05, 0.1) is 5.92 Å². The SMILES string of the molecule is CC[C@@H](C(=O)NC[C@H](O)c1cccs1)c1ccccc1. The van der Waals surface area contributed by atoms with Crippen molar-refractivity contribution in [3.05, 3.63) is 58.3 Å². The number of benzene rings is 1. The van der Waals surface area contributed by atoms with Gasteiger partial charge in [-0.25, -0.2) is 0 Å². The Labute approximate surface area is 123 Å². The van der Waals surface area contributed by atoms with Crippen LogP contribution in [0.25, 0.3) is 0 Å². The van der Waals surface area contributed by atoms with E-state index in [2.05, 4.69) is 5.32 Å². The van der Waals surface area contributed by atoms with E-state index in [0.717, 1.165) is 16.9 Å². The van der Waals surface area contributed by atoms with Crippen LogP contribution < -0.4 is 5.32 Å². The third kappa shape index (κ3) is 3.68. The quantitative estimate of drug-likeness (QED) is 0.858. The van der Waals surface area contributed by atoms with Gasteiger partial charge in [-0.2, -0.15) is 0 Å². The van der Waals surface area contributed by atoms with Crippen LogP contribution in [0.5, 0.6) is 0 Å². The molecule has 0 spiro atoms. The largest absolute Gasteiger partial charge is 0.386 e. The zero-order valence-electron chi connectivity index (χ0n) is 11.5. The van der Waals surface area contributed by atoms with Crippen molar-refractivity contribution in [2.24, 2.45) is 0 Å². The molecule has 3 nitrogen and oxygen atoms in total. The molecule has 106 valence electrons. The van der Waals surface area contributed by atoms with Crippen LogP contribution in [0.15, 0.2) is 47.8 Å². The molecule has 2 rings (SSSR count). The number of thiophene rings is 1. The molecular weight excluding hydrogens is 270 g/mol. The van der Waals surface area contributed by atoms with E-state index in [9.17, 15) is 9.90 Å². The van der Waals surface area contributed by atoms with E-state index in [1.54, 1.807) is 0 Å². The standard InChI is InChI=1S/C16H19NO2S/c1-2-13(12-7-4-3-5-8-12)16(19)17-11-14(18)15-9-6-10-20-15/h3-10,13-14,18H,2,11H2,1H3,(H,17,19)/t13-,14+/m1/s1. The third-order valence-corrected chi connectivity index (χ3v) is 4.24. The molecule has 0 aliphatic carbocycles. The van der Waals surface area contributed by atoms with E-state index in [4.69, 9.17) is 0 Å². The lowest BCUT2D eigenvalue weighted by Crippen LogP contribution is -2.32. The van der Waals surface area contributed by atoms with E-state index in [-0.39, 0.29) is 18.4 Å². The molecule has 0 saturated heterocycles. The molecule has 0 aliphatic heterocycles. The molecule has 0 unspecified atom stereocenters. The van der Waals surface area contributed by atoms with Crippen molar-refractivity contribution < 1.29 is 9.90 Å². The molecule has 0 radical (unpaired) electrons. The summed E-state index contributed by atoms with van der Waals surface area (Å²) in [5.74, 6) is -0.193. The van der Waals surface area contributed by atoms with Crippen molar-refractivity contribution in [3.8, 4) is 0 Å². The summed E-state index contributed by atoms with van der Waals surface area (Å²) in [6.45, 7) is 2.25. The normalized spacial score (nSPS) is 13.7. The lowest BCUT2D eigenvalue weighted by molar-refractivity contribution is -0.123. The van der Waals surface area contributed by atoms with Crippen LogP contribution in [0.1, 0.15) is 35.8 Å². The summed E-state index contributed by atoms with van der Waals surface area (Å²) < 4.78 is 0. The molecule has 0 bridgehead atoms.